The van der Waals surface area contributed by atoms with E-state index in [4.69, 9.17) is 18.5 Å². The molecule has 0 heterocycles. The number of likely N-dealkylation sites (N-methyl/N-ethyl adjacent to an activating group) is 1. The number of phosphoric acid groups is 1. The lowest BCUT2D eigenvalue weighted by Gasteiger charge is -2.24. The Morgan fingerprint density at radius 3 is 0.930 bits per heavy atom. The van der Waals surface area contributed by atoms with E-state index in [0.29, 0.717) is 17.4 Å². The van der Waals surface area contributed by atoms with Gasteiger partial charge in [-0.05, 0) is 103 Å². The maximum atomic E-state index is 12.8. The van der Waals surface area contributed by atoms with Crippen LogP contribution in [0.5, 0.6) is 0 Å². The first kappa shape index (κ1) is 82.4. The van der Waals surface area contributed by atoms with Crippen molar-refractivity contribution in [2.75, 3.05) is 47.5 Å². The summed E-state index contributed by atoms with van der Waals surface area (Å²) in [6.07, 6.45) is 94.6. The molecule has 494 valence electrons. The van der Waals surface area contributed by atoms with E-state index in [2.05, 4.69) is 135 Å². The Kier molecular flexibility index (Phi) is 63.1. The standard InChI is InChI=1S/C76H132NO8P/c1-6-8-10-12-14-16-18-20-22-24-26-28-30-31-32-33-34-35-36-37-38-39-40-41-42-43-44-45-47-48-50-52-54-56-58-60-62-64-66-68-75(78)82-72-74(73-84-86(80,81)83-71-70-77(3,4)5)85-76(79)69-67-65-63-61-59-57-55-53-51-49-46-29-27-25-23-21-19-17-15-13-11-9-7-2/h8-11,14-17,20-23,26-29,49,51,55,57,74H,6-7,12-13,18-19,24-25,30-48,50,52-54,56,58-73H2,1-5H3/p+1/b10-8-,11-9-,16-14-,17-15-,22-20-,23-21-,28-26-,29-27-,51-49-,57-55-. The van der Waals surface area contributed by atoms with Gasteiger partial charge >= 0.3 is 19.8 Å². The van der Waals surface area contributed by atoms with Crippen LogP contribution in [-0.4, -0.2) is 74.9 Å². The molecule has 0 aromatic rings. The van der Waals surface area contributed by atoms with Crippen molar-refractivity contribution in [1.82, 2.24) is 0 Å². The van der Waals surface area contributed by atoms with Gasteiger partial charge in [0, 0.05) is 12.8 Å². The molecule has 0 amide bonds. The monoisotopic (exact) mass is 1220 g/mol. The Hall–Kier alpha value is -3.59. The number of allylic oxidation sites excluding steroid dienone is 20. The lowest BCUT2D eigenvalue weighted by atomic mass is 10.0. The number of phosphoric ester groups is 1. The summed E-state index contributed by atoms with van der Waals surface area (Å²) in [4.78, 5) is 35.8. The van der Waals surface area contributed by atoms with Gasteiger partial charge in [0.1, 0.15) is 19.8 Å². The number of rotatable bonds is 64. The van der Waals surface area contributed by atoms with Gasteiger partial charge in [0.05, 0.1) is 27.7 Å². The van der Waals surface area contributed by atoms with Crippen molar-refractivity contribution < 1.29 is 42.1 Å². The molecule has 0 aliphatic rings. The van der Waals surface area contributed by atoms with Gasteiger partial charge in [0.15, 0.2) is 6.10 Å². The van der Waals surface area contributed by atoms with Gasteiger partial charge in [0.25, 0.3) is 0 Å². The number of hydrogen-bond donors (Lipinski definition) is 1. The summed E-state index contributed by atoms with van der Waals surface area (Å²) < 4.78 is 34.7. The van der Waals surface area contributed by atoms with Crippen LogP contribution in [0.3, 0.4) is 0 Å². The molecular weight excluding hydrogens is 1090 g/mol. The Balaban J connectivity index is 3.99. The average molecular weight is 1220 g/mol. The number of carbonyl (C=O) groups excluding carboxylic acids is 2. The fraction of sp³-hybridized carbons (Fsp3) is 0.711. The highest BCUT2D eigenvalue weighted by atomic mass is 31.2. The largest absolute Gasteiger partial charge is 0.472 e. The molecule has 0 saturated heterocycles. The van der Waals surface area contributed by atoms with Crippen LogP contribution in [0.4, 0.5) is 0 Å². The number of quaternary nitrogens is 1. The van der Waals surface area contributed by atoms with E-state index in [0.717, 1.165) is 109 Å². The smallest absolute Gasteiger partial charge is 0.462 e. The maximum Gasteiger partial charge on any atom is 0.472 e. The number of carbonyl (C=O) groups is 2. The Morgan fingerprint density at radius 1 is 0.360 bits per heavy atom. The van der Waals surface area contributed by atoms with E-state index in [9.17, 15) is 19.0 Å². The normalized spacial score (nSPS) is 13.9. The Morgan fingerprint density at radius 2 is 0.628 bits per heavy atom. The van der Waals surface area contributed by atoms with Crippen molar-refractivity contribution in [3.8, 4) is 0 Å². The van der Waals surface area contributed by atoms with E-state index in [1.54, 1.807) is 0 Å². The van der Waals surface area contributed by atoms with Crippen molar-refractivity contribution in [3.63, 3.8) is 0 Å². The number of nitrogens with zero attached hydrogens (tertiary/aromatic N) is 1. The zero-order chi connectivity index (χ0) is 62.6. The van der Waals surface area contributed by atoms with Gasteiger partial charge in [-0.1, -0.05) is 302 Å². The first-order valence-corrected chi connectivity index (χ1v) is 36.8. The lowest BCUT2D eigenvalue weighted by Crippen LogP contribution is -2.37. The van der Waals surface area contributed by atoms with Crippen LogP contribution in [0, 0.1) is 0 Å². The molecule has 0 radical (unpaired) electrons. The third-order valence-corrected chi connectivity index (χ3v) is 16.0. The molecule has 0 aliphatic carbocycles. The van der Waals surface area contributed by atoms with Gasteiger partial charge in [-0.15, -0.1) is 0 Å². The molecule has 0 saturated carbocycles. The van der Waals surface area contributed by atoms with E-state index < -0.39 is 26.5 Å². The van der Waals surface area contributed by atoms with Crippen LogP contribution >= 0.6 is 7.82 Å². The van der Waals surface area contributed by atoms with Crippen LogP contribution in [0.2, 0.25) is 0 Å². The molecule has 0 aromatic heterocycles. The van der Waals surface area contributed by atoms with Crippen LogP contribution in [-0.2, 0) is 32.7 Å². The highest BCUT2D eigenvalue weighted by molar-refractivity contribution is 7.47. The molecule has 0 aliphatic heterocycles. The van der Waals surface area contributed by atoms with Gasteiger partial charge in [-0.2, -0.15) is 0 Å². The zero-order valence-corrected chi connectivity index (χ0v) is 57.2. The summed E-state index contributed by atoms with van der Waals surface area (Å²) in [5.41, 5.74) is 0. The molecule has 10 heteroatoms. The second-order valence-corrected chi connectivity index (χ2v) is 26.0. The summed E-state index contributed by atoms with van der Waals surface area (Å²) >= 11 is 0. The minimum absolute atomic E-state index is 0.0222. The quantitative estimate of drug-likeness (QED) is 0.0211. The van der Waals surface area contributed by atoms with Crippen LogP contribution < -0.4 is 0 Å². The fourth-order valence-corrected chi connectivity index (χ4v) is 10.4. The van der Waals surface area contributed by atoms with Crippen molar-refractivity contribution in [1.29, 1.82) is 0 Å². The topological polar surface area (TPSA) is 108 Å². The predicted molar refractivity (Wildman–Crippen MR) is 371 cm³/mol. The second kappa shape index (κ2) is 65.8. The summed E-state index contributed by atoms with van der Waals surface area (Å²) in [5, 5.41) is 0. The van der Waals surface area contributed by atoms with E-state index in [-0.39, 0.29) is 32.0 Å². The highest BCUT2D eigenvalue weighted by Crippen LogP contribution is 2.43. The van der Waals surface area contributed by atoms with Crippen molar-refractivity contribution in [2.45, 2.75) is 302 Å². The molecule has 0 fully saturated rings. The van der Waals surface area contributed by atoms with Gasteiger partial charge in [0.2, 0.25) is 0 Å². The first-order valence-electron chi connectivity index (χ1n) is 35.3. The summed E-state index contributed by atoms with van der Waals surface area (Å²) in [5.74, 6) is -0.822. The Bertz CT molecular complexity index is 1870. The van der Waals surface area contributed by atoms with Crippen molar-refractivity contribution >= 4 is 19.8 Å². The molecule has 0 rings (SSSR count). The molecular formula is C76H133NO8P+. The van der Waals surface area contributed by atoms with Gasteiger partial charge in [-0.25, -0.2) is 4.57 Å². The van der Waals surface area contributed by atoms with Crippen LogP contribution in [0.15, 0.2) is 122 Å². The highest BCUT2D eigenvalue weighted by Gasteiger charge is 2.27. The number of hydrogen-bond acceptors (Lipinski definition) is 7. The lowest BCUT2D eigenvalue weighted by molar-refractivity contribution is -0.870. The second-order valence-electron chi connectivity index (χ2n) is 24.5. The summed E-state index contributed by atoms with van der Waals surface area (Å²) in [7, 11) is 1.45. The number of unbranched alkanes of at least 4 members (excludes halogenated alkanes) is 30. The molecule has 2 unspecified atom stereocenters. The minimum atomic E-state index is -4.40. The molecule has 0 spiro atoms. The van der Waals surface area contributed by atoms with Gasteiger partial charge in [-0.3, -0.25) is 18.6 Å². The molecule has 0 bridgehead atoms. The summed E-state index contributed by atoms with van der Waals surface area (Å²) in [6, 6.07) is 0. The first-order chi connectivity index (χ1) is 42.0. The van der Waals surface area contributed by atoms with Crippen molar-refractivity contribution in [2.24, 2.45) is 0 Å². The molecule has 2 atom stereocenters. The van der Waals surface area contributed by atoms with E-state index in [1.807, 2.05) is 21.1 Å². The fourth-order valence-electron chi connectivity index (χ4n) is 9.66. The average Bonchev–Trinajstić information content (AvgIpc) is 3.56. The predicted octanol–water partition coefficient (Wildman–Crippen LogP) is 23.0. The minimum Gasteiger partial charge on any atom is -0.462 e. The zero-order valence-electron chi connectivity index (χ0n) is 56.3. The van der Waals surface area contributed by atoms with E-state index in [1.165, 1.54) is 154 Å². The molecule has 86 heavy (non-hydrogen) atoms. The number of esters is 2. The van der Waals surface area contributed by atoms with Gasteiger partial charge < -0.3 is 18.9 Å². The molecule has 1 N–H and O–H groups in total. The Labute approximate surface area is 530 Å². The van der Waals surface area contributed by atoms with Crippen LogP contribution in [0.25, 0.3) is 0 Å². The maximum absolute atomic E-state index is 12.8. The SMILES string of the molecule is CC/C=C\C/C=C\C/C=C\C/C=C\C/C=C\C/C=C\CCCCCCC(=O)OC(COC(=O)CCCCCCCCCCCCCCCCCCCCCCCCCCCC/C=C\C/C=C\C/C=C\C/C=C\CC)COP(=O)(O)OCC[N+](C)(C)C. The molecule has 9 nitrogen and oxygen atoms in total. The van der Waals surface area contributed by atoms with Crippen LogP contribution in [0.1, 0.15) is 296 Å². The third kappa shape index (κ3) is 69.5. The van der Waals surface area contributed by atoms with E-state index >= 15 is 0 Å². The molecule has 0 aromatic carbocycles. The summed E-state index contributed by atoms with van der Waals surface area (Å²) in [6.45, 7) is 4.19. The number of ether oxygens (including phenoxy) is 2. The third-order valence-electron chi connectivity index (χ3n) is 15.0. The van der Waals surface area contributed by atoms with Crippen molar-refractivity contribution in [3.05, 3.63) is 122 Å².